The van der Waals surface area contributed by atoms with Crippen LogP contribution in [-0.4, -0.2) is 9.55 Å². The van der Waals surface area contributed by atoms with E-state index in [-0.39, 0.29) is 5.56 Å². The minimum absolute atomic E-state index is 0.0266. The van der Waals surface area contributed by atoms with Crippen molar-refractivity contribution in [2.75, 3.05) is 0 Å². The van der Waals surface area contributed by atoms with Gasteiger partial charge >= 0.3 is 0 Å². The molecule has 0 saturated heterocycles. The summed E-state index contributed by atoms with van der Waals surface area (Å²) in [4.78, 5) is 16.5. The van der Waals surface area contributed by atoms with Gasteiger partial charge in [-0.2, -0.15) is 0 Å². The lowest BCUT2D eigenvalue weighted by Crippen LogP contribution is -2.19. The number of hydrogen-bond donors (Lipinski definition) is 0. The Labute approximate surface area is 141 Å². The maximum absolute atomic E-state index is 11.9. The molecule has 3 nitrogen and oxygen atoms in total. The number of nitrogens with zero attached hydrogens (tertiary/aromatic N) is 2. The van der Waals surface area contributed by atoms with Crippen LogP contribution in [0.25, 0.3) is 11.3 Å². The summed E-state index contributed by atoms with van der Waals surface area (Å²) >= 11 is 13.6. The average Bonchev–Trinajstić information content (AvgIpc) is 2.90. The number of benzene rings is 1. The summed E-state index contributed by atoms with van der Waals surface area (Å²) in [7, 11) is 0. The normalized spacial score (nSPS) is 10.9. The zero-order valence-corrected chi connectivity index (χ0v) is 14.0. The molecule has 6 heteroatoms. The Morgan fingerprint density at radius 1 is 1.23 bits per heavy atom. The number of rotatable bonds is 3. The topological polar surface area (TPSA) is 34.9 Å². The first kappa shape index (κ1) is 15.3. The number of hydrogen-bond acceptors (Lipinski definition) is 3. The van der Waals surface area contributed by atoms with Crippen molar-refractivity contribution in [1.29, 1.82) is 0 Å². The minimum Gasteiger partial charge on any atom is -0.309 e. The van der Waals surface area contributed by atoms with E-state index in [1.54, 1.807) is 29.0 Å². The Kier molecular flexibility index (Phi) is 4.34. The second-order valence-corrected chi connectivity index (χ2v) is 6.71. The lowest BCUT2D eigenvalue weighted by molar-refractivity contribution is 0.752. The van der Waals surface area contributed by atoms with Gasteiger partial charge in [-0.25, -0.2) is 4.98 Å². The largest absolute Gasteiger partial charge is 0.309 e. The van der Waals surface area contributed by atoms with Crippen molar-refractivity contribution < 1.29 is 0 Å². The fourth-order valence-electron chi connectivity index (χ4n) is 2.09. The van der Waals surface area contributed by atoms with Crippen molar-refractivity contribution in [2.45, 2.75) is 13.5 Å². The third kappa shape index (κ3) is 3.24. The van der Waals surface area contributed by atoms with Crippen LogP contribution >= 0.6 is 34.5 Å². The monoisotopic (exact) mass is 350 g/mol. The van der Waals surface area contributed by atoms with E-state index in [1.807, 2.05) is 24.4 Å². The van der Waals surface area contributed by atoms with Crippen molar-refractivity contribution in [3.8, 4) is 11.3 Å². The molecule has 0 unspecified atom stereocenters. The lowest BCUT2D eigenvalue weighted by atomic mass is 10.2. The molecular weight excluding hydrogens is 339 g/mol. The molecular formula is C16H12Cl2N2OS. The van der Waals surface area contributed by atoms with Crippen LogP contribution in [0.15, 0.2) is 46.7 Å². The van der Waals surface area contributed by atoms with Gasteiger partial charge in [0, 0.05) is 28.2 Å². The molecule has 0 aliphatic carbocycles. The number of aromatic nitrogens is 2. The highest BCUT2D eigenvalue weighted by Gasteiger charge is 2.09. The molecule has 0 radical (unpaired) electrons. The lowest BCUT2D eigenvalue weighted by Gasteiger charge is -2.03. The van der Waals surface area contributed by atoms with Crippen molar-refractivity contribution in [2.24, 2.45) is 0 Å². The van der Waals surface area contributed by atoms with Crippen molar-refractivity contribution in [1.82, 2.24) is 9.55 Å². The molecule has 0 amide bonds. The number of thiazole rings is 1. The molecule has 0 spiro atoms. The van der Waals surface area contributed by atoms with Gasteiger partial charge in [-0.1, -0.05) is 23.2 Å². The van der Waals surface area contributed by atoms with Gasteiger partial charge in [0.2, 0.25) is 0 Å². The predicted molar refractivity (Wildman–Crippen MR) is 92.1 cm³/mol. The second kappa shape index (κ2) is 6.24. The zero-order chi connectivity index (χ0) is 15.7. The SMILES string of the molecule is Cc1ccn(Cc2nc(-c3ccc(Cl)cc3Cl)cs2)c(=O)c1. The van der Waals surface area contributed by atoms with Crippen LogP contribution in [0.3, 0.4) is 0 Å². The number of halogens is 2. The van der Waals surface area contributed by atoms with Gasteiger partial charge < -0.3 is 4.57 Å². The van der Waals surface area contributed by atoms with Crippen molar-refractivity contribution in [3.05, 3.63) is 72.9 Å². The van der Waals surface area contributed by atoms with Crippen LogP contribution in [0.4, 0.5) is 0 Å². The van der Waals surface area contributed by atoms with E-state index >= 15 is 0 Å². The summed E-state index contributed by atoms with van der Waals surface area (Å²) in [5.74, 6) is 0. The highest BCUT2D eigenvalue weighted by atomic mass is 35.5. The van der Waals surface area contributed by atoms with Crippen LogP contribution < -0.4 is 5.56 Å². The second-order valence-electron chi connectivity index (χ2n) is 4.92. The third-order valence-corrected chi connectivity index (χ3v) is 4.60. The first-order chi connectivity index (χ1) is 10.5. The summed E-state index contributed by atoms with van der Waals surface area (Å²) in [6, 6.07) is 8.85. The van der Waals surface area contributed by atoms with E-state index in [2.05, 4.69) is 4.98 Å². The Morgan fingerprint density at radius 3 is 2.77 bits per heavy atom. The van der Waals surface area contributed by atoms with Crippen LogP contribution in [0.5, 0.6) is 0 Å². The first-order valence-corrected chi connectivity index (χ1v) is 8.23. The summed E-state index contributed by atoms with van der Waals surface area (Å²) in [6.45, 7) is 2.35. The molecule has 0 saturated carbocycles. The Morgan fingerprint density at radius 2 is 2.05 bits per heavy atom. The minimum atomic E-state index is -0.0266. The van der Waals surface area contributed by atoms with Gasteiger partial charge in [-0.15, -0.1) is 11.3 Å². The van der Waals surface area contributed by atoms with Gasteiger partial charge in [-0.3, -0.25) is 4.79 Å². The fourth-order valence-corrected chi connectivity index (χ4v) is 3.38. The van der Waals surface area contributed by atoms with Gasteiger partial charge in [0.1, 0.15) is 5.01 Å². The molecule has 0 N–H and O–H groups in total. The van der Waals surface area contributed by atoms with E-state index in [1.165, 1.54) is 11.3 Å². The third-order valence-electron chi connectivity index (χ3n) is 3.22. The fraction of sp³-hybridized carbons (Fsp3) is 0.125. The summed E-state index contributed by atoms with van der Waals surface area (Å²) in [6.07, 6.45) is 1.79. The van der Waals surface area contributed by atoms with E-state index in [0.717, 1.165) is 21.8 Å². The smallest absolute Gasteiger partial charge is 0.251 e. The molecule has 2 heterocycles. The van der Waals surface area contributed by atoms with Crippen molar-refractivity contribution >= 4 is 34.5 Å². The van der Waals surface area contributed by atoms with Gasteiger partial charge in [0.25, 0.3) is 5.56 Å². The molecule has 22 heavy (non-hydrogen) atoms. The highest BCUT2D eigenvalue weighted by molar-refractivity contribution is 7.09. The summed E-state index contributed by atoms with van der Waals surface area (Å²) < 4.78 is 1.64. The summed E-state index contributed by atoms with van der Waals surface area (Å²) in [5.41, 5.74) is 2.56. The molecule has 0 aliphatic rings. The van der Waals surface area contributed by atoms with Crippen LogP contribution in [-0.2, 0) is 6.54 Å². The maximum Gasteiger partial charge on any atom is 0.251 e. The van der Waals surface area contributed by atoms with E-state index in [0.29, 0.717) is 16.6 Å². The molecule has 112 valence electrons. The van der Waals surface area contributed by atoms with Gasteiger partial charge in [-0.05, 0) is 36.8 Å². The predicted octanol–water partition coefficient (Wildman–Crippen LogP) is 4.64. The van der Waals surface area contributed by atoms with Crippen LogP contribution in [0.2, 0.25) is 10.0 Å². The number of aryl methyl sites for hydroxylation is 1. The molecule has 0 atom stereocenters. The van der Waals surface area contributed by atoms with E-state index in [4.69, 9.17) is 23.2 Å². The standard InChI is InChI=1S/C16H12Cl2N2OS/c1-10-4-5-20(16(21)6-10)8-15-19-14(9-22-15)12-3-2-11(17)7-13(12)18/h2-7,9H,8H2,1H3. The molecule has 3 aromatic rings. The van der Waals surface area contributed by atoms with Crippen LogP contribution in [0, 0.1) is 6.92 Å². The van der Waals surface area contributed by atoms with E-state index in [9.17, 15) is 4.79 Å². The average molecular weight is 351 g/mol. The Balaban J connectivity index is 1.89. The highest BCUT2D eigenvalue weighted by Crippen LogP contribution is 2.31. The van der Waals surface area contributed by atoms with E-state index < -0.39 is 0 Å². The quantitative estimate of drug-likeness (QED) is 0.689. The van der Waals surface area contributed by atoms with Gasteiger partial charge in [0.05, 0.1) is 17.3 Å². The Bertz CT molecular complexity index is 886. The van der Waals surface area contributed by atoms with Crippen LogP contribution in [0.1, 0.15) is 10.6 Å². The molecule has 0 fully saturated rings. The molecule has 0 aliphatic heterocycles. The maximum atomic E-state index is 11.9. The summed E-state index contributed by atoms with van der Waals surface area (Å²) in [5, 5.41) is 3.95. The van der Waals surface area contributed by atoms with Crippen molar-refractivity contribution in [3.63, 3.8) is 0 Å². The molecule has 2 aromatic heterocycles. The zero-order valence-electron chi connectivity index (χ0n) is 11.7. The van der Waals surface area contributed by atoms with Gasteiger partial charge in [0.15, 0.2) is 0 Å². The molecule has 1 aromatic carbocycles. The Hall–Kier alpha value is -1.62. The number of pyridine rings is 1. The molecule has 3 rings (SSSR count). The molecule has 0 bridgehead atoms. The first-order valence-electron chi connectivity index (χ1n) is 6.60.